The number of nitrogens with zero attached hydrogens (tertiary/aromatic N) is 2. The van der Waals surface area contributed by atoms with Crippen LogP contribution in [0.25, 0.3) is 11.0 Å². The van der Waals surface area contributed by atoms with E-state index in [2.05, 4.69) is 4.98 Å². The number of aromatic nitrogens is 2. The molecule has 0 bridgehead atoms. The number of aromatic carboxylic acids is 1. The molecule has 0 fully saturated rings. The monoisotopic (exact) mass is 232 g/mol. The van der Waals surface area contributed by atoms with Crippen LogP contribution in [-0.2, 0) is 7.05 Å². The molecule has 0 unspecified atom stereocenters. The molecule has 0 radical (unpaired) electrons. The number of hydrogen-bond acceptors (Lipinski definition) is 3. The van der Waals surface area contributed by atoms with Crippen LogP contribution in [0, 0.1) is 13.8 Å². The Hall–Kier alpha value is -2.17. The van der Waals surface area contributed by atoms with Gasteiger partial charge >= 0.3 is 5.97 Å². The van der Waals surface area contributed by atoms with Crippen molar-refractivity contribution in [2.24, 2.45) is 7.05 Å². The molecule has 2 heterocycles. The quantitative estimate of drug-likeness (QED) is 0.803. The summed E-state index contributed by atoms with van der Waals surface area (Å²) in [5.41, 5.74) is 1.04. The van der Waals surface area contributed by atoms with Crippen molar-refractivity contribution < 1.29 is 9.90 Å². The minimum absolute atomic E-state index is 0.189. The van der Waals surface area contributed by atoms with Gasteiger partial charge in [-0.15, -0.1) is 0 Å². The summed E-state index contributed by atoms with van der Waals surface area (Å²) < 4.78 is 1.63. The lowest BCUT2D eigenvalue weighted by molar-refractivity contribution is 0.0694. The third-order valence-corrected chi connectivity index (χ3v) is 2.88. The highest BCUT2D eigenvalue weighted by molar-refractivity contribution is 5.93. The maximum atomic E-state index is 12.0. The zero-order chi connectivity index (χ0) is 12.7. The van der Waals surface area contributed by atoms with Crippen molar-refractivity contribution in [3.8, 4) is 0 Å². The Labute approximate surface area is 97.3 Å². The van der Waals surface area contributed by atoms with E-state index in [1.165, 1.54) is 0 Å². The predicted octanol–water partition coefficient (Wildman–Crippen LogP) is 1.25. The SMILES string of the molecule is Cc1ccc2c(=O)c(C(=O)O)c(C)n(C)c2n1. The Morgan fingerprint density at radius 2 is 2.00 bits per heavy atom. The summed E-state index contributed by atoms with van der Waals surface area (Å²) >= 11 is 0. The smallest absolute Gasteiger partial charge is 0.341 e. The van der Waals surface area contributed by atoms with E-state index in [4.69, 9.17) is 5.11 Å². The number of aryl methyl sites for hydroxylation is 2. The van der Waals surface area contributed by atoms with E-state index < -0.39 is 11.4 Å². The Morgan fingerprint density at radius 3 is 2.59 bits per heavy atom. The molecule has 0 amide bonds. The average Bonchev–Trinajstić information content (AvgIpc) is 2.25. The molecule has 2 aromatic rings. The molecule has 5 nitrogen and oxygen atoms in total. The number of fused-ring (bicyclic) bond motifs is 1. The fourth-order valence-electron chi connectivity index (χ4n) is 1.85. The van der Waals surface area contributed by atoms with Crippen LogP contribution in [0.4, 0.5) is 0 Å². The minimum atomic E-state index is -1.20. The maximum Gasteiger partial charge on any atom is 0.341 e. The molecule has 88 valence electrons. The van der Waals surface area contributed by atoms with Crippen LogP contribution < -0.4 is 5.43 Å². The molecule has 17 heavy (non-hydrogen) atoms. The van der Waals surface area contributed by atoms with Gasteiger partial charge in [-0.2, -0.15) is 0 Å². The summed E-state index contributed by atoms with van der Waals surface area (Å²) in [6, 6.07) is 3.32. The third kappa shape index (κ3) is 1.60. The van der Waals surface area contributed by atoms with Gasteiger partial charge in [-0.25, -0.2) is 9.78 Å². The second-order valence-corrected chi connectivity index (χ2v) is 3.98. The highest BCUT2D eigenvalue weighted by Gasteiger charge is 2.18. The third-order valence-electron chi connectivity index (χ3n) is 2.88. The van der Waals surface area contributed by atoms with Gasteiger partial charge in [-0.05, 0) is 26.0 Å². The highest BCUT2D eigenvalue weighted by atomic mass is 16.4. The summed E-state index contributed by atoms with van der Waals surface area (Å²) in [6.45, 7) is 3.43. The fourth-order valence-corrected chi connectivity index (χ4v) is 1.85. The largest absolute Gasteiger partial charge is 0.477 e. The molecule has 0 aliphatic carbocycles. The van der Waals surface area contributed by atoms with Crippen molar-refractivity contribution in [1.82, 2.24) is 9.55 Å². The number of carbonyl (C=O) groups is 1. The van der Waals surface area contributed by atoms with Gasteiger partial charge in [-0.3, -0.25) is 4.79 Å². The predicted molar refractivity (Wildman–Crippen MR) is 63.4 cm³/mol. The number of pyridine rings is 2. The van der Waals surface area contributed by atoms with E-state index in [0.29, 0.717) is 16.7 Å². The number of carboxylic acid groups (broad SMARTS) is 1. The lowest BCUT2D eigenvalue weighted by Gasteiger charge is -2.11. The van der Waals surface area contributed by atoms with E-state index in [0.717, 1.165) is 5.69 Å². The summed E-state index contributed by atoms with van der Waals surface area (Å²) in [5.74, 6) is -1.20. The Kier molecular flexibility index (Phi) is 2.46. The lowest BCUT2D eigenvalue weighted by Crippen LogP contribution is -2.22. The Bertz CT molecular complexity index is 686. The molecule has 0 saturated heterocycles. The lowest BCUT2D eigenvalue weighted by atomic mass is 10.1. The number of hydrogen-bond donors (Lipinski definition) is 1. The molecule has 2 aromatic heterocycles. The van der Waals surface area contributed by atoms with Crippen molar-refractivity contribution in [1.29, 1.82) is 0 Å². The summed E-state index contributed by atoms with van der Waals surface area (Å²) in [4.78, 5) is 27.4. The molecule has 0 atom stereocenters. The van der Waals surface area contributed by atoms with Gasteiger partial charge in [0.1, 0.15) is 11.2 Å². The van der Waals surface area contributed by atoms with Crippen LogP contribution in [0.3, 0.4) is 0 Å². The van der Waals surface area contributed by atoms with Crippen molar-refractivity contribution >= 4 is 17.0 Å². The average molecular weight is 232 g/mol. The van der Waals surface area contributed by atoms with Crippen molar-refractivity contribution in [3.05, 3.63) is 39.3 Å². The van der Waals surface area contributed by atoms with E-state index >= 15 is 0 Å². The van der Waals surface area contributed by atoms with Gasteiger partial charge < -0.3 is 9.67 Å². The van der Waals surface area contributed by atoms with Gasteiger partial charge in [0.2, 0.25) is 5.43 Å². The van der Waals surface area contributed by atoms with Crippen molar-refractivity contribution in [3.63, 3.8) is 0 Å². The van der Waals surface area contributed by atoms with Crippen LogP contribution in [0.15, 0.2) is 16.9 Å². The summed E-state index contributed by atoms with van der Waals surface area (Å²) in [5, 5.41) is 9.39. The highest BCUT2D eigenvalue weighted by Crippen LogP contribution is 2.13. The molecule has 0 spiro atoms. The van der Waals surface area contributed by atoms with Crippen LogP contribution in [0.2, 0.25) is 0 Å². The molecule has 0 aliphatic rings. The first-order valence-corrected chi connectivity index (χ1v) is 5.13. The number of carboxylic acids is 1. The molecular formula is C12H12N2O3. The zero-order valence-electron chi connectivity index (χ0n) is 9.81. The van der Waals surface area contributed by atoms with Gasteiger partial charge in [0.05, 0.1) is 5.39 Å². The molecule has 1 N–H and O–H groups in total. The first-order valence-electron chi connectivity index (χ1n) is 5.13. The van der Waals surface area contributed by atoms with Gasteiger partial charge in [0.15, 0.2) is 0 Å². The van der Waals surface area contributed by atoms with E-state index in [-0.39, 0.29) is 5.56 Å². The Balaban J connectivity index is 3.05. The minimum Gasteiger partial charge on any atom is -0.477 e. The van der Waals surface area contributed by atoms with Crippen molar-refractivity contribution in [2.45, 2.75) is 13.8 Å². The van der Waals surface area contributed by atoms with Crippen molar-refractivity contribution in [2.75, 3.05) is 0 Å². The normalized spacial score (nSPS) is 10.8. The van der Waals surface area contributed by atoms with E-state index in [1.807, 2.05) is 6.92 Å². The molecule has 5 heteroatoms. The Morgan fingerprint density at radius 1 is 1.35 bits per heavy atom. The first kappa shape index (κ1) is 11.3. The summed E-state index contributed by atoms with van der Waals surface area (Å²) in [7, 11) is 1.70. The molecule has 0 aromatic carbocycles. The molecule has 0 aliphatic heterocycles. The zero-order valence-corrected chi connectivity index (χ0v) is 9.81. The first-order chi connectivity index (χ1) is 7.93. The van der Waals surface area contributed by atoms with Crippen LogP contribution >= 0.6 is 0 Å². The summed E-state index contributed by atoms with van der Waals surface area (Å²) in [6.07, 6.45) is 0. The van der Waals surface area contributed by atoms with Crippen LogP contribution in [0.5, 0.6) is 0 Å². The van der Waals surface area contributed by atoms with E-state index in [9.17, 15) is 9.59 Å². The topological polar surface area (TPSA) is 72.2 Å². The number of rotatable bonds is 1. The van der Waals surface area contributed by atoms with Gasteiger partial charge in [0, 0.05) is 18.4 Å². The standard InChI is InChI=1S/C12H12N2O3/c1-6-4-5-8-10(15)9(12(16)17)7(2)14(3)11(8)13-6/h4-5H,1-3H3,(H,16,17). The van der Waals surface area contributed by atoms with E-state index in [1.54, 1.807) is 30.7 Å². The maximum absolute atomic E-state index is 12.0. The molecular weight excluding hydrogens is 220 g/mol. The van der Waals surface area contributed by atoms with Crippen LogP contribution in [0.1, 0.15) is 21.7 Å². The molecule has 0 saturated carbocycles. The van der Waals surface area contributed by atoms with Gasteiger partial charge in [0.25, 0.3) is 0 Å². The van der Waals surface area contributed by atoms with Gasteiger partial charge in [-0.1, -0.05) is 0 Å². The fraction of sp³-hybridized carbons (Fsp3) is 0.250. The van der Waals surface area contributed by atoms with Crippen LogP contribution in [-0.4, -0.2) is 20.6 Å². The molecule has 2 rings (SSSR count). The second-order valence-electron chi connectivity index (χ2n) is 3.98. The second kappa shape index (κ2) is 3.69.